The first-order chi connectivity index (χ1) is 12.5. The second kappa shape index (κ2) is 7.11. The molecule has 9 heteroatoms. The van der Waals surface area contributed by atoms with Gasteiger partial charge in [-0.3, -0.25) is 4.79 Å². The van der Waals surface area contributed by atoms with Gasteiger partial charge >= 0.3 is 0 Å². The van der Waals surface area contributed by atoms with Crippen LogP contribution in [0.1, 0.15) is 22.5 Å². The van der Waals surface area contributed by atoms with Crippen LogP contribution in [0, 0.1) is 11.8 Å². The van der Waals surface area contributed by atoms with E-state index in [1.165, 1.54) is 11.3 Å². The lowest BCUT2D eigenvalue weighted by molar-refractivity contribution is 0.0784. The first kappa shape index (κ1) is 17.7. The lowest BCUT2D eigenvalue weighted by atomic mass is 9.98. The number of rotatable bonds is 4. The summed E-state index contributed by atoms with van der Waals surface area (Å²) in [6.45, 7) is 1.63. The quantitative estimate of drug-likeness (QED) is 0.793. The molecule has 1 aliphatic carbocycles. The molecule has 0 bridgehead atoms. The van der Waals surface area contributed by atoms with E-state index in [2.05, 4.69) is 36.4 Å². The molecule has 3 atom stereocenters. The Labute approximate surface area is 164 Å². The molecular formula is C17H21BrN6OS. The number of anilines is 2. The second-order valence-corrected chi connectivity index (χ2v) is 8.93. The maximum atomic E-state index is 12.8. The number of carbonyl (C=O) groups is 1. The fourth-order valence-electron chi connectivity index (χ4n) is 3.92. The summed E-state index contributed by atoms with van der Waals surface area (Å²) in [5.41, 5.74) is 0. The molecule has 1 amide bonds. The highest BCUT2D eigenvalue weighted by Crippen LogP contribution is 2.40. The number of carbonyl (C=O) groups excluding carboxylic acids is 1. The smallest absolute Gasteiger partial charge is 0.265 e. The second-order valence-electron chi connectivity index (χ2n) is 7.11. The van der Waals surface area contributed by atoms with Crippen molar-refractivity contribution in [1.29, 1.82) is 0 Å². The van der Waals surface area contributed by atoms with Crippen LogP contribution in [0.4, 0.5) is 10.9 Å². The lowest BCUT2D eigenvalue weighted by Crippen LogP contribution is -2.33. The highest BCUT2D eigenvalue weighted by molar-refractivity contribution is 9.10. The summed E-state index contributed by atoms with van der Waals surface area (Å²) >= 11 is 4.76. The standard InChI is InChI=1S/C17H21BrN6OS/c1-23(2)17-19-7-13(26-17)16(25)24-8-10-3-4-12(11(10)9-24)20-15-6-5-14(18)21-22-15/h5-7,10-12H,3-4,8-9H2,1-2H3,(H,20,22)/t10-,11+,12+/m0/s1. The van der Waals surface area contributed by atoms with Crippen molar-refractivity contribution in [3.05, 3.63) is 27.8 Å². The molecule has 2 aromatic rings. The number of halogens is 1. The van der Waals surface area contributed by atoms with Crippen molar-refractivity contribution in [3.63, 3.8) is 0 Å². The van der Waals surface area contributed by atoms with Gasteiger partial charge in [-0.05, 0) is 46.8 Å². The van der Waals surface area contributed by atoms with Gasteiger partial charge in [0.2, 0.25) is 0 Å². The Kier molecular flexibility index (Phi) is 4.83. The Morgan fingerprint density at radius 3 is 2.85 bits per heavy atom. The van der Waals surface area contributed by atoms with Crippen LogP contribution in [0.2, 0.25) is 0 Å². The average Bonchev–Trinajstić information content (AvgIpc) is 3.33. The summed E-state index contributed by atoms with van der Waals surface area (Å²) < 4.78 is 0.728. The molecule has 2 fully saturated rings. The number of amides is 1. The Hall–Kier alpha value is -1.74. The van der Waals surface area contributed by atoms with E-state index < -0.39 is 0 Å². The summed E-state index contributed by atoms with van der Waals surface area (Å²) in [5, 5.41) is 12.6. The highest BCUT2D eigenvalue weighted by Gasteiger charge is 2.44. The Morgan fingerprint density at radius 2 is 2.15 bits per heavy atom. The summed E-state index contributed by atoms with van der Waals surface area (Å²) in [6.07, 6.45) is 3.95. The van der Waals surface area contributed by atoms with Crippen LogP contribution < -0.4 is 10.2 Å². The van der Waals surface area contributed by atoms with Crippen molar-refractivity contribution in [2.75, 3.05) is 37.4 Å². The summed E-state index contributed by atoms with van der Waals surface area (Å²) in [7, 11) is 3.88. The third kappa shape index (κ3) is 3.42. The molecular weight excluding hydrogens is 416 g/mol. The molecule has 0 spiro atoms. The van der Waals surface area contributed by atoms with E-state index in [0.717, 1.165) is 46.4 Å². The van der Waals surface area contributed by atoms with E-state index in [0.29, 0.717) is 17.9 Å². The molecule has 1 aliphatic heterocycles. The van der Waals surface area contributed by atoms with Gasteiger partial charge in [-0.1, -0.05) is 11.3 Å². The highest BCUT2D eigenvalue weighted by atomic mass is 79.9. The third-order valence-corrected chi connectivity index (χ3v) is 6.77. The van der Waals surface area contributed by atoms with E-state index in [1.807, 2.05) is 36.0 Å². The van der Waals surface area contributed by atoms with Crippen molar-refractivity contribution >= 4 is 44.1 Å². The zero-order chi connectivity index (χ0) is 18.3. The molecule has 2 aliphatic rings. The number of fused-ring (bicyclic) bond motifs is 1. The van der Waals surface area contributed by atoms with Crippen molar-refractivity contribution < 1.29 is 4.79 Å². The first-order valence-corrected chi connectivity index (χ1v) is 10.3. The van der Waals surface area contributed by atoms with Crippen LogP contribution in [0.15, 0.2) is 22.9 Å². The minimum atomic E-state index is 0.104. The van der Waals surface area contributed by atoms with E-state index in [4.69, 9.17) is 0 Å². The maximum Gasteiger partial charge on any atom is 0.265 e. The lowest BCUT2D eigenvalue weighted by Gasteiger charge is -2.21. The van der Waals surface area contributed by atoms with Crippen LogP contribution in [0.3, 0.4) is 0 Å². The molecule has 3 heterocycles. The molecule has 0 aromatic carbocycles. The van der Waals surface area contributed by atoms with Gasteiger partial charge in [0, 0.05) is 39.1 Å². The fourth-order valence-corrected chi connectivity index (χ4v) is 4.94. The molecule has 1 N–H and O–H groups in total. The molecule has 138 valence electrons. The van der Waals surface area contributed by atoms with E-state index in [9.17, 15) is 4.79 Å². The molecule has 2 aromatic heterocycles. The number of aromatic nitrogens is 3. The van der Waals surface area contributed by atoms with Gasteiger partial charge in [0.05, 0.1) is 6.20 Å². The number of nitrogens with zero attached hydrogens (tertiary/aromatic N) is 5. The van der Waals surface area contributed by atoms with Gasteiger partial charge in [0.1, 0.15) is 15.3 Å². The van der Waals surface area contributed by atoms with Crippen LogP contribution in [0.25, 0.3) is 0 Å². The predicted molar refractivity (Wildman–Crippen MR) is 106 cm³/mol. The van der Waals surface area contributed by atoms with Crippen LogP contribution in [0.5, 0.6) is 0 Å². The molecule has 7 nitrogen and oxygen atoms in total. The number of likely N-dealkylation sites (tertiary alicyclic amines) is 1. The van der Waals surface area contributed by atoms with Gasteiger partial charge < -0.3 is 15.1 Å². The third-order valence-electron chi connectivity index (χ3n) is 5.20. The van der Waals surface area contributed by atoms with Crippen molar-refractivity contribution in [2.45, 2.75) is 18.9 Å². The monoisotopic (exact) mass is 436 g/mol. The topological polar surface area (TPSA) is 74.2 Å². The summed E-state index contributed by atoms with van der Waals surface area (Å²) in [6, 6.07) is 4.16. The van der Waals surface area contributed by atoms with Crippen LogP contribution >= 0.6 is 27.3 Å². The molecule has 1 saturated carbocycles. The van der Waals surface area contributed by atoms with Crippen LogP contribution in [-0.4, -0.2) is 59.2 Å². The van der Waals surface area contributed by atoms with Gasteiger partial charge in [-0.15, -0.1) is 10.2 Å². The van der Waals surface area contributed by atoms with E-state index in [1.54, 1.807) is 6.20 Å². The van der Waals surface area contributed by atoms with E-state index >= 15 is 0 Å². The SMILES string of the molecule is CN(C)c1ncc(C(=O)N2C[C@@H]3CC[C@@H](Nc4ccc(Br)nn4)[C@@H]3C2)s1. The van der Waals surface area contributed by atoms with Gasteiger partial charge in [-0.2, -0.15) is 0 Å². The number of hydrogen-bond donors (Lipinski definition) is 1. The van der Waals surface area contributed by atoms with Gasteiger partial charge in [0.15, 0.2) is 5.13 Å². The van der Waals surface area contributed by atoms with Crippen molar-refractivity contribution in [3.8, 4) is 0 Å². The summed E-state index contributed by atoms with van der Waals surface area (Å²) in [5.74, 6) is 1.92. The number of hydrogen-bond acceptors (Lipinski definition) is 7. The number of thiazole rings is 1. The van der Waals surface area contributed by atoms with Crippen LogP contribution in [-0.2, 0) is 0 Å². The fraction of sp³-hybridized carbons (Fsp3) is 0.529. The molecule has 4 rings (SSSR count). The zero-order valence-corrected chi connectivity index (χ0v) is 17.1. The zero-order valence-electron chi connectivity index (χ0n) is 14.7. The molecule has 0 unspecified atom stereocenters. The minimum absolute atomic E-state index is 0.104. The van der Waals surface area contributed by atoms with Crippen molar-refractivity contribution in [2.24, 2.45) is 11.8 Å². The Morgan fingerprint density at radius 1 is 1.31 bits per heavy atom. The predicted octanol–water partition coefficient (Wildman–Crippen LogP) is 2.72. The Bertz CT molecular complexity index is 795. The molecule has 0 radical (unpaired) electrons. The first-order valence-electron chi connectivity index (χ1n) is 8.69. The average molecular weight is 437 g/mol. The largest absolute Gasteiger partial charge is 0.365 e. The van der Waals surface area contributed by atoms with Gasteiger partial charge in [-0.25, -0.2) is 4.98 Å². The molecule has 1 saturated heterocycles. The number of nitrogens with one attached hydrogen (secondary N) is 1. The minimum Gasteiger partial charge on any atom is -0.365 e. The Balaban J connectivity index is 1.42. The van der Waals surface area contributed by atoms with Crippen molar-refractivity contribution in [1.82, 2.24) is 20.1 Å². The maximum absolute atomic E-state index is 12.8. The van der Waals surface area contributed by atoms with Gasteiger partial charge in [0.25, 0.3) is 5.91 Å². The summed E-state index contributed by atoms with van der Waals surface area (Å²) in [4.78, 5) is 21.8. The molecule has 26 heavy (non-hydrogen) atoms. The normalized spacial score (nSPS) is 24.6. The van der Waals surface area contributed by atoms with E-state index in [-0.39, 0.29) is 5.91 Å².